The molecular weight excluding hydrogens is 278 g/mol. The van der Waals surface area contributed by atoms with E-state index in [1.54, 1.807) is 0 Å². The van der Waals surface area contributed by atoms with Crippen LogP contribution >= 0.6 is 11.8 Å². The fourth-order valence-corrected chi connectivity index (χ4v) is 2.91. The smallest absolute Gasteiger partial charge is 0.410 e. The Labute approximate surface area is 123 Å². The van der Waals surface area contributed by atoms with Crippen molar-refractivity contribution in [3.05, 3.63) is 0 Å². The highest BCUT2D eigenvalue weighted by Gasteiger charge is 2.37. The van der Waals surface area contributed by atoms with Crippen LogP contribution in [-0.2, 0) is 9.53 Å². The van der Waals surface area contributed by atoms with E-state index in [4.69, 9.17) is 4.74 Å². The molecule has 6 nitrogen and oxygen atoms in total. The second-order valence-corrected chi connectivity index (χ2v) is 6.94. The molecule has 2 aliphatic rings. The van der Waals surface area contributed by atoms with Crippen LogP contribution in [0.15, 0.2) is 4.99 Å². The molecule has 1 N–H and O–H groups in total. The Morgan fingerprint density at radius 2 is 2.20 bits per heavy atom. The van der Waals surface area contributed by atoms with E-state index in [9.17, 15) is 9.59 Å². The summed E-state index contributed by atoms with van der Waals surface area (Å²) in [5, 5.41) is 3.45. The molecule has 0 saturated carbocycles. The van der Waals surface area contributed by atoms with E-state index in [2.05, 4.69) is 10.3 Å². The number of thioether (sulfide) groups is 1. The van der Waals surface area contributed by atoms with Crippen molar-refractivity contribution in [2.75, 3.05) is 18.8 Å². The van der Waals surface area contributed by atoms with E-state index in [-0.39, 0.29) is 5.91 Å². The summed E-state index contributed by atoms with van der Waals surface area (Å²) in [6.07, 6.45) is 1.07. The number of carbonyl (C=O) groups excluding carboxylic acids is 2. The molecule has 7 heteroatoms. The molecule has 112 valence electrons. The van der Waals surface area contributed by atoms with Crippen molar-refractivity contribution < 1.29 is 14.3 Å². The Morgan fingerprint density at radius 3 is 2.80 bits per heavy atom. The van der Waals surface area contributed by atoms with Gasteiger partial charge < -0.3 is 10.1 Å². The minimum absolute atomic E-state index is 0.165. The number of nitrogens with zero attached hydrogens (tertiary/aromatic N) is 2. The molecule has 0 aliphatic carbocycles. The molecule has 2 rings (SSSR count). The zero-order chi connectivity index (χ0) is 14.8. The third kappa shape index (κ3) is 3.88. The van der Waals surface area contributed by atoms with Crippen molar-refractivity contribution in [2.24, 2.45) is 4.99 Å². The summed E-state index contributed by atoms with van der Waals surface area (Å²) in [6.45, 7) is 6.76. The highest BCUT2D eigenvalue weighted by Crippen LogP contribution is 2.21. The van der Waals surface area contributed by atoms with Crippen molar-refractivity contribution in [3.8, 4) is 0 Å². The first-order valence-corrected chi connectivity index (χ1v) is 7.83. The predicted molar refractivity (Wildman–Crippen MR) is 78.9 cm³/mol. The molecule has 0 unspecified atom stereocenters. The lowest BCUT2D eigenvalue weighted by Gasteiger charge is -2.27. The lowest BCUT2D eigenvalue weighted by atomic mass is 10.2. The molecule has 2 amide bonds. The van der Waals surface area contributed by atoms with Gasteiger partial charge >= 0.3 is 6.09 Å². The SMILES string of the molecule is CC(C)(C)OC(=O)N1CCC[C@@H]1C(=O)NC1=NCCS1. The molecule has 2 aliphatic heterocycles. The molecule has 0 spiro atoms. The Balaban J connectivity index is 1.95. The normalized spacial score (nSPS) is 22.6. The monoisotopic (exact) mass is 299 g/mol. The van der Waals surface area contributed by atoms with Gasteiger partial charge in [0.15, 0.2) is 5.17 Å². The molecule has 0 bridgehead atoms. The Morgan fingerprint density at radius 1 is 1.45 bits per heavy atom. The standard InChI is InChI=1S/C13H21N3O3S/c1-13(2,3)19-12(18)16-7-4-5-9(16)10(17)15-11-14-6-8-20-11/h9H,4-8H2,1-3H3,(H,14,15,17)/t9-/m1/s1. The molecule has 20 heavy (non-hydrogen) atoms. The average molecular weight is 299 g/mol. The van der Waals surface area contributed by atoms with Crippen LogP contribution in [0, 0.1) is 0 Å². The Hall–Kier alpha value is -1.24. The molecule has 1 fully saturated rings. The number of aliphatic imine (C=N–C) groups is 1. The Kier molecular flexibility index (Phi) is 4.57. The van der Waals surface area contributed by atoms with Gasteiger partial charge in [-0.05, 0) is 33.6 Å². The van der Waals surface area contributed by atoms with Gasteiger partial charge in [0.25, 0.3) is 0 Å². The maximum Gasteiger partial charge on any atom is 0.410 e. The predicted octanol–water partition coefficient (Wildman–Crippen LogP) is 1.60. The summed E-state index contributed by atoms with van der Waals surface area (Å²) in [4.78, 5) is 30.0. The molecule has 1 atom stereocenters. The van der Waals surface area contributed by atoms with Gasteiger partial charge in [-0.25, -0.2) is 4.79 Å². The van der Waals surface area contributed by atoms with Gasteiger partial charge in [0.05, 0.1) is 6.54 Å². The summed E-state index contributed by atoms with van der Waals surface area (Å²) >= 11 is 1.53. The minimum atomic E-state index is -0.550. The van der Waals surface area contributed by atoms with Crippen molar-refractivity contribution in [2.45, 2.75) is 45.3 Å². The lowest BCUT2D eigenvalue weighted by molar-refractivity contribution is -0.123. The molecule has 1 saturated heterocycles. The molecule has 0 aromatic heterocycles. The summed E-state index contributed by atoms with van der Waals surface area (Å²) < 4.78 is 5.34. The summed E-state index contributed by atoms with van der Waals surface area (Å²) in [7, 11) is 0. The average Bonchev–Trinajstić information content (AvgIpc) is 2.96. The zero-order valence-electron chi connectivity index (χ0n) is 12.1. The quantitative estimate of drug-likeness (QED) is 0.798. The Bertz CT molecular complexity index is 431. The molecule has 0 aromatic rings. The number of likely N-dealkylation sites (tertiary alicyclic amines) is 1. The van der Waals surface area contributed by atoms with Crippen LogP contribution in [0.25, 0.3) is 0 Å². The van der Waals surface area contributed by atoms with E-state index >= 15 is 0 Å². The highest BCUT2D eigenvalue weighted by atomic mass is 32.2. The number of carbonyl (C=O) groups is 2. The topological polar surface area (TPSA) is 71.0 Å². The number of ether oxygens (including phenoxy) is 1. The van der Waals surface area contributed by atoms with Crippen LogP contribution < -0.4 is 5.32 Å². The number of hydrogen-bond acceptors (Lipinski definition) is 5. The van der Waals surface area contributed by atoms with Crippen molar-refractivity contribution in [1.82, 2.24) is 10.2 Å². The first-order chi connectivity index (χ1) is 9.37. The molecule has 2 heterocycles. The van der Waals surface area contributed by atoms with Crippen LogP contribution in [0.2, 0.25) is 0 Å². The first-order valence-electron chi connectivity index (χ1n) is 6.84. The molecule has 0 aromatic carbocycles. The number of nitrogens with one attached hydrogen (secondary N) is 1. The largest absolute Gasteiger partial charge is 0.444 e. The highest BCUT2D eigenvalue weighted by molar-refractivity contribution is 8.14. The van der Waals surface area contributed by atoms with Crippen LogP contribution in [-0.4, -0.2) is 52.6 Å². The second-order valence-electron chi connectivity index (χ2n) is 5.86. The molecule has 0 radical (unpaired) electrons. The maximum absolute atomic E-state index is 12.2. The molecular formula is C13H21N3O3S. The summed E-state index contributed by atoms with van der Waals surface area (Å²) in [6, 6.07) is -0.450. The van der Waals surface area contributed by atoms with Gasteiger partial charge in [0.1, 0.15) is 11.6 Å². The summed E-state index contributed by atoms with van der Waals surface area (Å²) in [5.41, 5.74) is -0.550. The van der Waals surface area contributed by atoms with Gasteiger partial charge in [-0.1, -0.05) is 11.8 Å². The fraction of sp³-hybridized carbons (Fsp3) is 0.769. The van der Waals surface area contributed by atoms with Crippen LogP contribution in [0.5, 0.6) is 0 Å². The summed E-state index contributed by atoms with van der Waals surface area (Å²) in [5.74, 6) is 0.734. The van der Waals surface area contributed by atoms with Crippen LogP contribution in [0.3, 0.4) is 0 Å². The third-order valence-electron chi connectivity index (χ3n) is 3.00. The number of hydrogen-bond donors (Lipinski definition) is 1. The second kappa shape index (κ2) is 6.03. The van der Waals surface area contributed by atoms with Crippen molar-refractivity contribution in [1.29, 1.82) is 0 Å². The maximum atomic E-state index is 12.2. The third-order valence-corrected chi connectivity index (χ3v) is 3.89. The van der Waals surface area contributed by atoms with Gasteiger partial charge in [-0.2, -0.15) is 0 Å². The van der Waals surface area contributed by atoms with Gasteiger partial charge in [0.2, 0.25) is 5.91 Å². The zero-order valence-corrected chi connectivity index (χ0v) is 13.0. The van der Waals surface area contributed by atoms with Gasteiger partial charge in [-0.15, -0.1) is 0 Å². The first kappa shape index (κ1) is 15.2. The van der Waals surface area contributed by atoms with Crippen molar-refractivity contribution >= 4 is 28.9 Å². The van der Waals surface area contributed by atoms with Crippen LogP contribution in [0.4, 0.5) is 4.79 Å². The number of amidine groups is 1. The number of rotatable bonds is 1. The van der Waals surface area contributed by atoms with Crippen LogP contribution in [0.1, 0.15) is 33.6 Å². The van der Waals surface area contributed by atoms with E-state index in [0.29, 0.717) is 18.1 Å². The fourth-order valence-electron chi connectivity index (χ4n) is 2.18. The lowest BCUT2D eigenvalue weighted by Crippen LogP contribution is -2.48. The number of amides is 2. The van der Waals surface area contributed by atoms with Crippen molar-refractivity contribution in [3.63, 3.8) is 0 Å². The van der Waals surface area contributed by atoms with E-state index in [1.165, 1.54) is 16.7 Å². The van der Waals surface area contributed by atoms with E-state index in [0.717, 1.165) is 18.7 Å². The van der Waals surface area contributed by atoms with E-state index < -0.39 is 17.7 Å². The van der Waals surface area contributed by atoms with Gasteiger partial charge in [-0.3, -0.25) is 14.7 Å². The van der Waals surface area contributed by atoms with E-state index in [1.807, 2.05) is 20.8 Å². The minimum Gasteiger partial charge on any atom is -0.444 e. The van der Waals surface area contributed by atoms with Gasteiger partial charge in [0, 0.05) is 12.3 Å².